The minimum atomic E-state index is -3.19. The molecule has 0 bridgehead atoms. The van der Waals surface area contributed by atoms with Crippen molar-refractivity contribution in [2.45, 2.75) is 6.54 Å². The van der Waals surface area contributed by atoms with Crippen LogP contribution in [0.3, 0.4) is 0 Å². The second-order valence-electron chi connectivity index (χ2n) is 3.10. The van der Waals surface area contributed by atoms with Crippen LogP contribution >= 0.6 is 27.5 Å². The summed E-state index contributed by atoms with van der Waals surface area (Å²) < 4.78 is 24.1. The number of sulfonamides is 1. The van der Waals surface area contributed by atoms with E-state index in [4.69, 9.17) is 11.6 Å². The summed E-state index contributed by atoms with van der Waals surface area (Å²) in [6.07, 6.45) is 0. The molecule has 0 fully saturated rings. The van der Waals surface area contributed by atoms with Gasteiger partial charge in [0.05, 0.1) is 0 Å². The molecular formula is C9H11BrClNO2S. The van der Waals surface area contributed by atoms with E-state index in [1.54, 1.807) is 19.2 Å². The number of alkyl halides is 1. The van der Waals surface area contributed by atoms with E-state index in [0.29, 0.717) is 11.6 Å². The maximum absolute atomic E-state index is 11.4. The smallest absolute Gasteiger partial charge is 0.211 e. The minimum Gasteiger partial charge on any atom is -0.211 e. The fraction of sp³-hybridized carbons (Fsp3) is 0.333. The van der Waals surface area contributed by atoms with Gasteiger partial charge in [-0.15, -0.1) is 0 Å². The molecule has 0 amide bonds. The summed E-state index contributed by atoms with van der Waals surface area (Å²) >= 11 is 8.67. The molecule has 0 saturated heterocycles. The third-order valence-corrected chi connectivity index (χ3v) is 5.27. The molecule has 3 nitrogen and oxygen atoms in total. The van der Waals surface area contributed by atoms with Crippen LogP contribution in [0.15, 0.2) is 24.3 Å². The van der Waals surface area contributed by atoms with Gasteiger partial charge in [0, 0.05) is 18.6 Å². The Morgan fingerprint density at radius 2 is 1.87 bits per heavy atom. The topological polar surface area (TPSA) is 37.4 Å². The van der Waals surface area contributed by atoms with Gasteiger partial charge in [0.15, 0.2) is 0 Å². The van der Waals surface area contributed by atoms with Crippen LogP contribution in [0.1, 0.15) is 5.56 Å². The number of rotatable bonds is 4. The molecular weight excluding hydrogens is 302 g/mol. The highest BCUT2D eigenvalue weighted by molar-refractivity contribution is 9.10. The van der Waals surface area contributed by atoms with Gasteiger partial charge < -0.3 is 0 Å². The first-order valence-electron chi connectivity index (χ1n) is 4.20. The van der Waals surface area contributed by atoms with Crippen molar-refractivity contribution >= 4 is 37.6 Å². The van der Waals surface area contributed by atoms with Crippen LogP contribution in [-0.2, 0) is 16.6 Å². The Balaban J connectivity index is 2.75. The normalized spacial score (nSPS) is 12.0. The highest BCUT2D eigenvalue weighted by Crippen LogP contribution is 2.13. The summed E-state index contributed by atoms with van der Waals surface area (Å²) in [5, 5.41) is 0.643. The van der Waals surface area contributed by atoms with Gasteiger partial charge in [0.25, 0.3) is 0 Å². The van der Waals surface area contributed by atoms with Crippen molar-refractivity contribution in [2.75, 3.05) is 11.7 Å². The Kier molecular flexibility index (Phi) is 4.58. The van der Waals surface area contributed by atoms with Crippen LogP contribution in [0, 0.1) is 0 Å². The van der Waals surface area contributed by atoms with Crippen LogP contribution in [0.25, 0.3) is 0 Å². The molecule has 0 aliphatic carbocycles. The van der Waals surface area contributed by atoms with Gasteiger partial charge in [-0.1, -0.05) is 39.7 Å². The highest BCUT2D eigenvalue weighted by Gasteiger charge is 2.15. The zero-order chi connectivity index (χ0) is 11.5. The number of hydrogen-bond donors (Lipinski definition) is 0. The number of nitrogens with zero attached hydrogens (tertiary/aromatic N) is 1. The fourth-order valence-corrected chi connectivity index (χ4v) is 2.72. The molecule has 1 aromatic rings. The van der Waals surface area contributed by atoms with Crippen molar-refractivity contribution < 1.29 is 8.42 Å². The summed E-state index contributed by atoms with van der Waals surface area (Å²) in [4.78, 5) is 0. The van der Waals surface area contributed by atoms with Gasteiger partial charge in [-0.25, -0.2) is 8.42 Å². The lowest BCUT2D eigenvalue weighted by Crippen LogP contribution is -2.26. The molecule has 0 atom stereocenters. The molecule has 1 aromatic carbocycles. The molecule has 0 aliphatic rings. The first-order chi connectivity index (χ1) is 6.95. The molecule has 0 unspecified atom stereocenters. The van der Waals surface area contributed by atoms with E-state index < -0.39 is 10.0 Å². The Bertz CT molecular complexity index is 418. The van der Waals surface area contributed by atoms with Crippen molar-refractivity contribution in [2.24, 2.45) is 0 Å². The van der Waals surface area contributed by atoms with E-state index in [1.807, 2.05) is 12.1 Å². The molecule has 6 heteroatoms. The molecule has 0 radical (unpaired) electrons. The molecule has 0 spiro atoms. The lowest BCUT2D eigenvalue weighted by atomic mass is 10.2. The maximum Gasteiger partial charge on any atom is 0.224 e. The summed E-state index contributed by atoms with van der Waals surface area (Å²) in [6.45, 7) is 0.352. The summed E-state index contributed by atoms with van der Waals surface area (Å²) in [5.41, 5.74) is 0.909. The van der Waals surface area contributed by atoms with Gasteiger partial charge in [-0.2, -0.15) is 4.31 Å². The van der Waals surface area contributed by atoms with E-state index in [-0.39, 0.29) is 4.66 Å². The van der Waals surface area contributed by atoms with Crippen LogP contribution in [-0.4, -0.2) is 24.4 Å². The lowest BCUT2D eigenvalue weighted by Gasteiger charge is -2.15. The molecule has 0 saturated carbocycles. The average Bonchev–Trinajstić information content (AvgIpc) is 2.21. The molecule has 0 aliphatic heterocycles. The van der Waals surface area contributed by atoms with Crippen molar-refractivity contribution in [1.82, 2.24) is 4.31 Å². The summed E-state index contributed by atoms with van der Waals surface area (Å²) in [5.74, 6) is 0. The summed E-state index contributed by atoms with van der Waals surface area (Å²) in [7, 11) is -1.64. The van der Waals surface area contributed by atoms with Crippen LogP contribution in [0.2, 0.25) is 5.02 Å². The van der Waals surface area contributed by atoms with Gasteiger partial charge in [-0.3, -0.25) is 0 Å². The predicted octanol–water partition coefficient (Wildman–Crippen LogP) is 2.45. The van der Waals surface area contributed by atoms with E-state index >= 15 is 0 Å². The Labute approximate surface area is 103 Å². The van der Waals surface area contributed by atoms with Crippen LogP contribution < -0.4 is 0 Å². The van der Waals surface area contributed by atoms with Crippen LogP contribution in [0.5, 0.6) is 0 Å². The Morgan fingerprint density at radius 3 is 2.33 bits per heavy atom. The standard InChI is InChI=1S/C9H11BrClNO2S/c1-12(15(13,14)7-10)6-8-2-4-9(11)5-3-8/h2-5H,6-7H2,1H3. The third-order valence-electron chi connectivity index (χ3n) is 1.93. The van der Waals surface area contributed by atoms with Gasteiger partial charge >= 0.3 is 0 Å². The van der Waals surface area contributed by atoms with E-state index in [9.17, 15) is 8.42 Å². The number of halogens is 2. The quantitative estimate of drug-likeness (QED) is 0.801. The van der Waals surface area contributed by atoms with Gasteiger partial charge in [-0.05, 0) is 17.7 Å². The first-order valence-corrected chi connectivity index (χ1v) is 7.31. The molecule has 0 N–H and O–H groups in total. The maximum atomic E-state index is 11.4. The van der Waals surface area contributed by atoms with Gasteiger partial charge in [0.1, 0.15) is 4.66 Å². The number of benzene rings is 1. The zero-order valence-corrected chi connectivity index (χ0v) is 11.3. The minimum absolute atomic E-state index is 0.0654. The fourth-order valence-electron chi connectivity index (χ4n) is 1.03. The molecule has 15 heavy (non-hydrogen) atoms. The van der Waals surface area contributed by atoms with Crippen molar-refractivity contribution in [3.63, 3.8) is 0 Å². The van der Waals surface area contributed by atoms with E-state index in [0.717, 1.165) is 5.56 Å². The monoisotopic (exact) mass is 311 g/mol. The highest BCUT2D eigenvalue weighted by atomic mass is 79.9. The van der Waals surface area contributed by atoms with Crippen molar-refractivity contribution in [1.29, 1.82) is 0 Å². The zero-order valence-electron chi connectivity index (χ0n) is 8.15. The molecule has 84 valence electrons. The van der Waals surface area contributed by atoms with Gasteiger partial charge in [0.2, 0.25) is 10.0 Å². The van der Waals surface area contributed by atoms with Crippen LogP contribution in [0.4, 0.5) is 0 Å². The van der Waals surface area contributed by atoms with Crippen molar-refractivity contribution in [3.05, 3.63) is 34.9 Å². The molecule has 0 aromatic heterocycles. The molecule has 1 rings (SSSR count). The second-order valence-corrected chi connectivity index (χ2v) is 6.92. The van der Waals surface area contributed by atoms with E-state index in [2.05, 4.69) is 15.9 Å². The average molecular weight is 313 g/mol. The van der Waals surface area contributed by atoms with E-state index in [1.165, 1.54) is 4.31 Å². The number of hydrogen-bond acceptors (Lipinski definition) is 2. The summed E-state index contributed by atoms with van der Waals surface area (Å²) in [6, 6.07) is 7.10. The van der Waals surface area contributed by atoms with Crippen molar-refractivity contribution in [3.8, 4) is 0 Å². The predicted molar refractivity (Wildman–Crippen MR) is 65.6 cm³/mol. The molecule has 0 heterocycles. The Hall–Kier alpha value is -0.100. The first kappa shape index (κ1) is 13.0. The SMILES string of the molecule is CN(Cc1ccc(Cl)cc1)S(=O)(=O)CBr. The Morgan fingerprint density at radius 1 is 1.33 bits per heavy atom. The second kappa shape index (κ2) is 5.30. The lowest BCUT2D eigenvalue weighted by molar-refractivity contribution is 0.471. The third kappa shape index (κ3) is 3.75. The largest absolute Gasteiger partial charge is 0.224 e.